The quantitative estimate of drug-likeness (QED) is 0.830. The molecular formula is C12H13N2O3P. The van der Waals surface area contributed by atoms with Gasteiger partial charge in [0.25, 0.3) is 0 Å². The monoisotopic (exact) mass is 264 g/mol. The molecule has 0 saturated heterocycles. The van der Waals surface area contributed by atoms with Crippen molar-refractivity contribution in [2.45, 2.75) is 13.1 Å². The Kier molecular flexibility index (Phi) is 3.57. The Hall–Kier alpha value is -1.55. The molecular weight excluding hydrogens is 251 g/mol. The van der Waals surface area contributed by atoms with Crippen LogP contribution in [0.3, 0.4) is 0 Å². The van der Waals surface area contributed by atoms with Crippen LogP contribution in [0.15, 0.2) is 36.7 Å². The summed E-state index contributed by atoms with van der Waals surface area (Å²) in [6.07, 6.45) is 2.93. The highest BCUT2D eigenvalue weighted by Gasteiger charge is 2.14. The van der Waals surface area contributed by atoms with Gasteiger partial charge in [0, 0.05) is 12.4 Å². The fraction of sp³-hybridized carbons (Fsp3) is 0.167. The molecule has 0 spiro atoms. The minimum Gasteiger partial charge on any atom is -0.324 e. The highest BCUT2D eigenvalue weighted by molar-refractivity contribution is 7.50. The summed E-state index contributed by atoms with van der Waals surface area (Å²) in [4.78, 5) is 26.1. The van der Waals surface area contributed by atoms with Crippen LogP contribution < -0.4 is 0 Å². The molecule has 0 aromatic carbocycles. The molecule has 2 aromatic rings. The first-order chi connectivity index (χ1) is 8.44. The van der Waals surface area contributed by atoms with Gasteiger partial charge in [0.1, 0.15) is 0 Å². The van der Waals surface area contributed by atoms with Crippen molar-refractivity contribution >= 4 is 7.60 Å². The van der Waals surface area contributed by atoms with E-state index in [1.165, 1.54) is 6.20 Å². The summed E-state index contributed by atoms with van der Waals surface area (Å²) in [5.74, 6) is 0. The third-order valence-electron chi connectivity index (χ3n) is 2.39. The van der Waals surface area contributed by atoms with Crippen molar-refractivity contribution in [2.24, 2.45) is 0 Å². The molecule has 18 heavy (non-hydrogen) atoms. The van der Waals surface area contributed by atoms with Crippen molar-refractivity contribution in [3.8, 4) is 11.4 Å². The molecule has 0 saturated carbocycles. The Balaban J connectivity index is 2.22. The van der Waals surface area contributed by atoms with E-state index in [9.17, 15) is 4.57 Å². The Morgan fingerprint density at radius 2 is 1.67 bits per heavy atom. The van der Waals surface area contributed by atoms with E-state index in [0.717, 1.165) is 11.3 Å². The first-order valence-corrected chi connectivity index (χ1v) is 7.16. The minimum absolute atomic E-state index is 0.290. The smallest absolute Gasteiger partial charge is 0.324 e. The van der Waals surface area contributed by atoms with Gasteiger partial charge in [0.2, 0.25) is 0 Å². The molecule has 2 heterocycles. The predicted molar refractivity (Wildman–Crippen MR) is 68.0 cm³/mol. The highest BCUT2D eigenvalue weighted by atomic mass is 31.2. The Morgan fingerprint density at radius 1 is 1.06 bits per heavy atom. The molecule has 0 fully saturated rings. The molecule has 2 aromatic heterocycles. The van der Waals surface area contributed by atoms with Crippen molar-refractivity contribution in [3.05, 3.63) is 47.8 Å². The van der Waals surface area contributed by atoms with Gasteiger partial charge in [-0.25, -0.2) is 0 Å². The maximum Gasteiger partial charge on any atom is 0.329 e. The lowest BCUT2D eigenvalue weighted by atomic mass is 10.2. The summed E-state index contributed by atoms with van der Waals surface area (Å²) < 4.78 is 10.8. The van der Waals surface area contributed by atoms with Gasteiger partial charge < -0.3 is 9.79 Å². The summed E-state index contributed by atoms with van der Waals surface area (Å²) in [6.45, 7) is 1.95. The Morgan fingerprint density at radius 3 is 2.11 bits per heavy atom. The molecule has 2 N–H and O–H groups in total. The van der Waals surface area contributed by atoms with Crippen molar-refractivity contribution in [3.63, 3.8) is 0 Å². The molecule has 5 nitrogen and oxygen atoms in total. The molecule has 0 bridgehead atoms. The van der Waals surface area contributed by atoms with E-state index in [1.54, 1.807) is 18.3 Å². The molecule has 0 amide bonds. The van der Waals surface area contributed by atoms with E-state index in [1.807, 2.05) is 19.1 Å². The second-order valence-electron chi connectivity index (χ2n) is 4.10. The largest absolute Gasteiger partial charge is 0.329 e. The van der Waals surface area contributed by atoms with Crippen LogP contribution >= 0.6 is 7.60 Å². The average molecular weight is 264 g/mol. The van der Waals surface area contributed by atoms with Gasteiger partial charge in [-0.2, -0.15) is 0 Å². The van der Waals surface area contributed by atoms with E-state index < -0.39 is 7.60 Å². The van der Waals surface area contributed by atoms with Gasteiger partial charge in [0.15, 0.2) is 0 Å². The van der Waals surface area contributed by atoms with E-state index in [2.05, 4.69) is 9.97 Å². The summed E-state index contributed by atoms with van der Waals surface area (Å²) in [6, 6.07) is 7.17. The van der Waals surface area contributed by atoms with Gasteiger partial charge in [-0.05, 0) is 30.2 Å². The van der Waals surface area contributed by atoms with Gasteiger partial charge in [-0.15, -0.1) is 0 Å². The second kappa shape index (κ2) is 4.98. The van der Waals surface area contributed by atoms with Gasteiger partial charge >= 0.3 is 7.60 Å². The van der Waals surface area contributed by atoms with Crippen LogP contribution in [0.1, 0.15) is 11.1 Å². The second-order valence-corrected chi connectivity index (χ2v) is 5.74. The number of aromatic nitrogens is 2. The van der Waals surface area contributed by atoms with Crippen molar-refractivity contribution in [1.29, 1.82) is 0 Å². The molecule has 0 radical (unpaired) electrons. The third-order valence-corrected chi connectivity index (χ3v) is 3.16. The van der Waals surface area contributed by atoms with E-state index >= 15 is 0 Å². The van der Waals surface area contributed by atoms with Crippen molar-refractivity contribution in [2.75, 3.05) is 0 Å². The number of pyridine rings is 2. The Labute approximate surface area is 105 Å². The van der Waals surface area contributed by atoms with E-state index in [4.69, 9.17) is 9.79 Å². The summed E-state index contributed by atoms with van der Waals surface area (Å²) >= 11 is 0. The van der Waals surface area contributed by atoms with Crippen LogP contribution in [0, 0.1) is 6.92 Å². The molecule has 6 heteroatoms. The van der Waals surface area contributed by atoms with Crippen LogP contribution in [0.2, 0.25) is 0 Å². The third kappa shape index (κ3) is 3.47. The summed E-state index contributed by atoms with van der Waals surface area (Å²) in [5, 5.41) is 0. The van der Waals surface area contributed by atoms with E-state index in [0.29, 0.717) is 11.3 Å². The zero-order chi connectivity index (χ0) is 13.2. The first-order valence-electron chi connectivity index (χ1n) is 5.36. The molecule has 0 atom stereocenters. The predicted octanol–water partition coefficient (Wildman–Crippen LogP) is 2.13. The Bertz CT molecular complexity index is 575. The zero-order valence-electron chi connectivity index (χ0n) is 9.82. The number of nitrogens with zero attached hydrogens (tertiary/aromatic N) is 2. The fourth-order valence-electron chi connectivity index (χ4n) is 1.53. The lowest BCUT2D eigenvalue weighted by Gasteiger charge is -2.05. The molecule has 0 aliphatic rings. The van der Waals surface area contributed by atoms with Gasteiger partial charge in [0.05, 0.1) is 17.5 Å². The normalized spacial score (nSPS) is 11.5. The average Bonchev–Trinajstić information content (AvgIpc) is 2.29. The van der Waals surface area contributed by atoms with Crippen LogP contribution in [0.5, 0.6) is 0 Å². The topological polar surface area (TPSA) is 83.3 Å². The SMILES string of the molecule is Cc1ccc(-c2ccc(CP(=O)(O)O)cn2)nc1. The van der Waals surface area contributed by atoms with Crippen LogP contribution in [0.25, 0.3) is 11.4 Å². The highest BCUT2D eigenvalue weighted by Crippen LogP contribution is 2.38. The molecule has 0 aliphatic carbocycles. The van der Waals surface area contributed by atoms with E-state index in [-0.39, 0.29) is 6.16 Å². The van der Waals surface area contributed by atoms with Crippen LogP contribution in [-0.2, 0) is 10.7 Å². The van der Waals surface area contributed by atoms with Crippen LogP contribution in [0.4, 0.5) is 0 Å². The van der Waals surface area contributed by atoms with Crippen LogP contribution in [-0.4, -0.2) is 19.8 Å². The molecule has 2 rings (SSSR count). The lowest BCUT2D eigenvalue weighted by molar-refractivity contribution is 0.371. The van der Waals surface area contributed by atoms with Crippen molar-refractivity contribution < 1.29 is 14.4 Å². The molecule has 0 unspecified atom stereocenters. The van der Waals surface area contributed by atoms with Gasteiger partial charge in [-0.3, -0.25) is 14.5 Å². The maximum absolute atomic E-state index is 10.8. The minimum atomic E-state index is -4.04. The zero-order valence-corrected chi connectivity index (χ0v) is 10.7. The number of rotatable bonds is 3. The fourth-order valence-corrected chi connectivity index (χ4v) is 2.19. The summed E-state index contributed by atoms with van der Waals surface area (Å²) in [5.41, 5.74) is 3.00. The standard InChI is InChI=1S/C12H13N2O3P/c1-9-2-4-11(13-6-9)12-5-3-10(7-14-12)8-18(15,16)17/h2-7H,8H2,1H3,(H2,15,16,17). The number of hydrogen-bond acceptors (Lipinski definition) is 3. The number of aryl methyl sites for hydroxylation is 1. The first kappa shape index (κ1) is 12.9. The molecule has 94 valence electrons. The molecule has 0 aliphatic heterocycles. The van der Waals surface area contributed by atoms with Crippen molar-refractivity contribution in [1.82, 2.24) is 9.97 Å². The lowest BCUT2D eigenvalue weighted by Crippen LogP contribution is -1.91. The number of hydrogen-bond donors (Lipinski definition) is 2. The summed E-state index contributed by atoms with van der Waals surface area (Å²) in [7, 11) is -4.04. The van der Waals surface area contributed by atoms with Gasteiger partial charge in [-0.1, -0.05) is 12.1 Å². The maximum atomic E-state index is 10.8.